The van der Waals surface area contributed by atoms with Crippen LogP contribution in [0.15, 0.2) is 43.0 Å². The minimum absolute atomic E-state index is 0.0336. The summed E-state index contributed by atoms with van der Waals surface area (Å²) in [6, 6.07) is 4.93. The molecule has 2 saturated heterocycles. The van der Waals surface area contributed by atoms with Crippen molar-refractivity contribution in [1.29, 1.82) is 0 Å². The summed E-state index contributed by atoms with van der Waals surface area (Å²) in [7, 11) is 0. The van der Waals surface area contributed by atoms with E-state index in [0.717, 1.165) is 50.2 Å². The number of anilines is 1. The van der Waals surface area contributed by atoms with Crippen LogP contribution in [0.25, 0.3) is 0 Å². The summed E-state index contributed by atoms with van der Waals surface area (Å²) in [5.41, 5.74) is 1.19. The van der Waals surface area contributed by atoms with Crippen molar-refractivity contribution < 1.29 is 27.1 Å². The molecule has 0 bridgehead atoms. The molecule has 0 aromatic heterocycles. The second-order valence-corrected chi connectivity index (χ2v) is 11.6. The number of halogens is 5. The molecular formula is C30H36F5N3O. The van der Waals surface area contributed by atoms with Crippen molar-refractivity contribution in [3.8, 4) is 5.75 Å². The van der Waals surface area contributed by atoms with Crippen LogP contribution in [0.3, 0.4) is 0 Å². The number of phenolic OH excluding ortho intramolecular Hbond substituents is 1. The number of piperidine rings is 2. The fourth-order valence-electron chi connectivity index (χ4n) is 6.99. The van der Waals surface area contributed by atoms with Gasteiger partial charge in [-0.2, -0.15) is 13.2 Å². The van der Waals surface area contributed by atoms with Gasteiger partial charge in [-0.05, 0) is 86.4 Å². The summed E-state index contributed by atoms with van der Waals surface area (Å²) in [5, 5.41) is 9.95. The standard InChI is InChI=1S/C30H36F5N3O/c1-3-10-36-11-4-7-29(18-36)8-12-37(13-9-29)22-16-25(31)27(26(32)17-22)28-24-6-5-23(39)15-21(24)14-20(2)38(28)19-30(33,34)35/h3,5-6,15-17,20,28,39H,1,4,7-14,18-19H2,2H3/t20-,28?/m1/s1. The highest BCUT2D eigenvalue weighted by Gasteiger charge is 2.43. The van der Waals surface area contributed by atoms with Gasteiger partial charge < -0.3 is 10.0 Å². The smallest absolute Gasteiger partial charge is 0.401 e. The van der Waals surface area contributed by atoms with E-state index >= 15 is 8.78 Å². The summed E-state index contributed by atoms with van der Waals surface area (Å²) in [6.45, 7) is 8.42. The van der Waals surface area contributed by atoms with Gasteiger partial charge in [-0.3, -0.25) is 9.80 Å². The molecule has 3 aliphatic heterocycles. The van der Waals surface area contributed by atoms with Crippen LogP contribution in [-0.2, 0) is 6.42 Å². The van der Waals surface area contributed by atoms with E-state index in [2.05, 4.69) is 11.5 Å². The van der Waals surface area contributed by atoms with Crippen molar-refractivity contribution in [2.45, 2.75) is 57.3 Å². The van der Waals surface area contributed by atoms with Gasteiger partial charge in [0.25, 0.3) is 0 Å². The zero-order valence-corrected chi connectivity index (χ0v) is 22.3. The number of benzene rings is 2. The third kappa shape index (κ3) is 5.80. The Kier molecular flexibility index (Phi) is 7.68. The molecule has 212 valence electrons. The van der Waals surface area contributed by atoms with Crippen LogP contribution < -0.4 is 4.90 Å². The number of hydrogen-bond donors (Lipinski definition) is 1. The second kappa shape index (κ2) is 10.7. The molecule has 4 nitrogen and oxygen atoms in total. The highest BCUT2D eigenvalue weighted by Crippen LogP contribution is 2.44. The minimum atomic E-state index is -4.54. The van der Waals surface area contributed by atoms with E-state index in [1.165, 1.54) is 30.3 Å². The number of likely N-dealkylation sites (tertiary alicyclic amines) is 1. The molecule has 1 spiro atoms. The average Bonchev–Trinajstić information content (AvgIpc) is 2.85. The number of alkyl halides is 3. The van der Waals surface area contributed by atoms with Crippen molar-refractivity contribution in [3.63, 3.8) is 0 Å². The van der Waals surface area contributed by atoms with Crippen molar-refractivity contribution >= 4 is 5.69 Å². The van der Waals surface area contributed by atoms with Gasteiger partial charge in [-0.25, -0.2) is 8.78 Å². The summed E-state index contributed by atoms with van der Waals surface area (Å²) in [4.78, 5) is 5.51. The van der Waals surface area contributed by atoms with Crippen LogP contribution in [0, 0.1) is 17.0 Å². The number of nitrogens with zero attached hydrogens (tertiary/aromatic N) is 3. The van der Waals surface area contributed by atoms with Gasteiger partial charge >= 0.3 is 6.18 Å². The highest BCUT2D eigenvalue weighted by atomic mass is 19.4. The average molecular weight is 550 g/mol. The molecule has 1 unspecified atom stereocenters. The predicted octanol–water partition coefficient (Wildman–Crippen LogP) is 6.44. The maximum atomic E-state index is 15.8. The molecule has 0 radical (unpaired) electrons. The molecule has 2 atom stereocenters. The Balaban J connectivity index is 1.43. The van der Waals surface area contributed by atoms with Gasteiger partial charge in [0.05, 0.1) is 12.6 Å². The van der Waals surface area contributed by atoms with E-state index in [1.807, 2.05) is 11.0 Å². The molecule has 0 aliphatic carbocycles. The lowest BCUT2D eigenvalue weighted by molar-refractivity contribution is -0.155. The van der Waals surface area contributed by atoms with Crippen molar-refractivity contribution in [1.82, 2.24) is 9.80 Å². The van der Waals surface area contributed by atoms with E-state index in [9.17, 15) is 18.3 Å². The van der Waals surface area contributed by atoms with E-state index in [1.54, 1.807) is 6.92 Å². The quantitative estimate of drug-likeness (QED) is 0.344. The lowest BCUT2D eigenvalue weighted by Crippen LogP contribution is -2.49. The maximum Gasteiger partial charge on any atom is 0.401 e. The van der Waals surface area contributed by atoms with Gasteiger partial charge in [0.15, 0.2) is 0 Å². The minimum Gasteiger partial charge on any atom is -0.508 e. The van der Waals surface area contributed by atoms with Crippen LogP contribution in [0.2, 0.25) is 0 Å². The van der Waals surface area contributed by atoms with E-state index in [0.29, 0.717) is 29.9 Å². The van der Waals surface area contributed by atoms with Crippen molar-refractivity contribution in [2.75, 3.05) is 44.2 Å². The van der Waals surface area contributed by atoms with E-state index < -0.39 is 36.4 Å². The Morgan fingerprint density at radius 2 is 1.74 bits per heavy atom. The van der Waals surface area contributed by atoms with Gasteiger partial charge in [-0.1, -0.05) is 12.1 Å². The van der Waals surface area contributed by atoms with Gasteiger partial charge in [0.2, 0.25) is 0 Å². The van der Waals surface area contributed by atoms with Gasteiger partial charge in [0.1, 0.15) is 17.4 Å². The number of hydrogen-bond acceptors (Lipinski definition) is 4. The van der Waals surface area contributed by atoms with E-state index in [4.69, 9.17) is 0 Å². The lowest BCUT2D eigenvalue weighted by atomic mass is 9.72. The Hall–Kier alpha value is -2.65. The topological polar surface area (TPSA) is 30.0 Å². The van der Waals surface area contributed by atoms with Crippen molar-refractivity contribution in [3.05, 3.63) is 71.3 Å². The normalized spacial score (nSPS) is 24.1. The number of rotatable bonds is 5. The summed E-state index contributed by atoms with van der Waals surface area (Å²) >= 11 is 0. The zero-order chi connectivity index (χ0) is 27.9. The largest absolute Gasteiger partial charge is 0.508 e. The molecule has 39 heavy (non-hydrogen) atoms. The van der Waals surface area contributed by atoms with E-state index in [-0.39, 0.29) is 23.1 Å². The Morgan fingerprint density at radius 3 is 2.38 bits per heavy atom. The molecule has 1 N–H and O–H groups in total. The molecule has 0 amide bonds. The monoisotopic (exact) mass is 549 g/mol. The highest BCUT2D eigenvalue weighted by molar-refractivity contribution is 5.52. The first-order valence-electron chi connectivity index (χ1n) is 13.7. The maximum absolute atomic E-state index is 15.8. The Labute approximate surface area is 226 Å². The lowest BCUT2D eigenvalue weighted by Gasteiger charge is -2.48. The molecule has 2 fully saturated rings. The van der Waals surface area contributed by atoms with Crippen LogP contribution >= 0.6 is 0 Å². The molecular weight excluding hydrogens is 513 g/mol. The first-order chi connectivity index (χ1) is 18.5. The van der Waals surface area contributed by atoms with Gasteiger partial charge in [-0.15, -0.1) is 6.58 Å². The van der Waals surface area contributed by atoms with Crippen LogP contribution in [0.5, 0.6) is 5.75 Å². The number of aromatic hydroxyl groups is 1. The van der Waals surface area contributed by atoms with Crippen LogP contribution in [0.4, 0.5) is 27.6 Å². The molecule has 2 aromatic rings. The predicted molar refractivity (Wildman–Crippen MR) is 142 cm³/mol. The first-order valence-corrected chi connectivity index (χ1v) is 13.7. The Morgan fingerprint density at radius 1 is 1.05 bits per heavy atom. The molecule has 3 aliphatic rings. The third-order valence-corrected chi connectivity index (χ3v) is 8.85. The summed E-state index contributed by atoms with van der Waals surface area (Å²) < 4.78 is 72.4. The molecule has 2 aromatic carbocycles. The van der Waals surface area contributed by atoms with Crippen LogP contribution in [-0.4, -0.2) is 66.4 Å². The van der Waals surface area contributed by atoms with Gasteiger partial charge in [0, 0.05) is 43.5 Å². The fourth-order valence-corrected chi connectivity index (χ4v) is 6.99. The fraction of sp³-hybridized carbons (Fsp3) is 0.533. The number of fused-ring (bicyclic) bond motifs is 1. The number of phenols is 1. The Bertz CT molecular complexity index is 1180. The van der Waals surface area contributed by atoms with Crippen LogP contribution in [0.1, 0.15) is 55.3 Å². The summed E-state index contributed by atoms with van der Waals surface area (Å²) in [6.07, 6.45) is 1.71. The molecule has 9 heteroatoms. The molecule has 5 rings (SSSR count). The molecule has 0 saturated carbocycles. The van der Waals surface area contributed by atoms with Crippen molar-refractivity contribution in [2.24, 2.45) is 5.41 Å². The molecule has 3 heterocycles. The SMILES string of the molecule is C=CCN1CCCC2(CCN(c3cc(F)c(C4c5ccc(O)cc5C[C@@H](C)N4CC(F)(F)F)c(F)c3)CC2)C1. The summed E-state index contributed by atoms with van der Waals surface area (Å²) in [5.74, 6) is -1.75. The first kappa shape index (κ1) is 27.9. The second-order valence-electron chi connectivity index (χ2n) is 11.6. The zero-order valence-electron chi connectivity index (χ0n) is 22.3. The third-order valence-electron chi connectivity index (χ3n) is 8.85.